The smallest absolute Gasteiger partial charge is 0.293 e. The minimum absolute atomic E-state index is 0.180. The summed E-state index contributed by atoms with van der Waals surface area (Å²) >= 11 is 0. The number of rotatable bonds is 4. The minimum Gasteiger partial charge on any atom is -0.338 e. The molecule has 7 nitrogen and oxygen atoms in total. The fourth-order valence-corrected chi connectivity index (χ4v) is 1.81. The van der Waals surface area contributed by atoms with Crippen molar-refractivity contribution < 1.29 is 4.79 Å². The Kier molecular flexibility index (Phi) is 3.75. The van der Waals surface area contributed by atoms with Gasteiger partial charge in [0.05, 0.1) is 0 Å². The van der Waals surface area contributed by atoms with Gasteiger partial charge in [0.15, 0.2) is 0 Å². The van der Waals surface area contributed by atoms with Crippen LogP contribution in [0.25, 0.3) is 5.78 Å². The Hall–Kier alpha value is -2.02. The van der Waals surface area contributed by atoms with Gasteiger partial charge in [-0.1, -0.05) is 0 Å². The summed E-state index contributed by atoms with van der Waals surface area (Å²) in [5.74, 6) is 0.445. The average molecular weight is 262 g/mol. The topological polar surface area (TPSA) is 75.4 Å². The van der Waals surface area contributed by atoms with Crippen LogP contribution in [0.3, 0.4) is 0 Å². The van der Waals surface area contributed by atoms with E-state index in [0.717, 1.165) is 17.9 Å². The van der Waals surface area contributed by atoms with Gasteiger partial charge in [0.1, 0.15) is 0 Å². The molecule has 0 aliphatic carbocycles. The van der Waals surface area contributed by atoms with Crippen molar-refractivity contribution in [2.45, 2.75) is 13.8 Å². The lowest BCUT2D eigenvalue weighted by Crippen LogP contribution is -2.33. The Morgan fingerprint density at radius 2 is 2.16 bits per heavy atom. The number of aryl methyl sites for hydroxylation is 2. The average Bonchev–Trinajstić information content (AvgIpc) is 2.79. The fraction of sp³-hybridized carbons (Fsp3) is 0.500. The Morgan fingerprint density at radius 1 is 1.42 bits per heavy atom. The van der Waals surface area contributed by atoms with Crippen molar-refractivity contribution in [3.63, 3.8) is 0 Å². The molecular formula is C12H18N6O. The second-order valence-electron chi connectivity index (χ2n) is 4.52. The Labute approximate surface area is 111 Å². The normalized spacial score (nSPS) is 10.9. The molecule has 102 valence electrons. The maximum absolute atomic E-state index is 12.1. The molecule has 0 radical (unpaired) electrons. The number of fused-ring (bicyclic) bond motifs is 1. The highest BCUT2D eigenvalue weighted by Gasteiger charge is 2.18. The van der Waals surface area contributed by atoms with Crippen LogP contribution >= 0.6 is 0 Å². The maximum atomic E-state index is 12.1. The van der Waals surface area contributed by atoms with Crippen LogP contribution in [0.4, 0.5) is 0 Å². The predicted molar refractivity (Wildman–Crippen MR) is 71.1 cm³/mol. The summed E-state index contributed by atoms with van der Waals surface area (Å²) in [6.07, 6.45) is 0. The molecule has 0 saturated carbocycles. The molecule has 0 unspecified atom stereocenters. The van der Waals surface area contributed by atoms with Gasteiger partial charge in [0.2, 0.25) is 5.82 Å². The van der Waals surface area contributed by atoms with E-state index in [4.69, 9.17) is 0 Å². The molecule has 0 spiro atoms. The third-order valence-electron chi connectivity index (χ3n) is 2.85. The van der Waals surface area contributed by atoms with E-state index in [1.165, 1.54) is 0 Å². The molecule has 2 aromatic rings. The maximum Gasteiger partial charge on any atom is 0.293 e. The van der Waals surface area contributed by atoms with Gasteiger partial charge >= 0.3 is 0 Å². The molecule has 0 aliphatic heterocycles. The Bertz CT molecular complexity index is 606. The molecule has 2 heterocycles. The van der Waals surface area contributed by atoms with Crippen LogP contribution in [0.15, 0.2) is 6.07 Å². The molecule has 0 fully saturated rings. The molecule has 1 amide bonds. The summed E-state index contributed by atoms with van der Waals surface area (Å²) in [5, 5.41) is 7.21. The molecule has 0 aliphatic rings. The number of carbonyl (C=O) groups is 1. The van der Waals surface area contributed by atoms with E-state index >= 15 is 0 Å². The second-order valence-corrected chi connectivity index (χ2v) is 4.52. The van der Waals surface area contributed by atoms with Gasteiger partial charge in [-0.25, -0.2) is 9.50 Å². The van der Waals surface area contributed by atoms with E-state index in [2.05, 4.69) is 20.4 Å². The molecule has 2 aromatic heterocycles. The summed E-state index contributed by atoms with van der Waals surface area (Å²) in [5.41, 5.74) is 1.77. The van der Waals surface area contributed by atoms with E-state index < -0.39 is 0 Å². The standard InChI is InChI=1S/C12H18N6O/c1-8-7-9(2)18-12(14-8)15-10(16-18)11(19)17(4)6-5-13-3/h7,13H,5-6H2,1-4H3. The molecule has 0 atom stereocenters. The molecular weight excluding hydrogens is 244 g/mol. The molecule has 0 bridgehead atoms. The van der Waals surface area contributed by atoms with Crippen molar-refractivity contribution in [1.82, 2.24) is 29.8 Å². The van der Waals surface area contributed by atoms with Gasteiger partial charge in [-0.3, -0.25) is 4.79 Å². The summed E-state index contributed by atoms with van der Waals surface area (Å²) in [7, 11) is 3.58. The van der Waals surface area contributed by atoms with Crippen LogP contribution in [0.2, 0.25) is 0 Å². The van der Waals surface area contributed by atoms with Gasteiger partial charge in [-0.15, -0.1) is 5.10 Å². The first-order chi connectivity index (χ1) is 9.02. The number of hydrogen-bond donors (Lipinski definition) is 1. The number of nitrogens with one attached hydrogen (secondary N) is 1. The zero-order chi connectivity index (χ0) is 14.0. The highest BCUT2D eigenvalue weighted by atomic mass is 16.2. The van der Waals surface area contributed by atoms with Gasteiger partial charge in [0, 0.05) is 31.5 Å². The number of hydrogen-bond acceptors (Lipinski definition) is 5. The van der Waals surface area contributed by atoms with E-state index in [1.54, 1.807) is 16.5 Å². The predicted octanol–water partition coefficient (Wildman–Crippen LogP) is 0.0325. The van der Waals surface area contributed by atoms with Crippen LogP contribution in [0.1, 0.15) is 22.0 Å². The molecule has 1 N–H and O–H groups in total. The first-order valence-electron chi connectivity index (χ1n) is 6.14. The number of aromatic nitrogens is 4. The summed E-state index contributed by atoms with van der Waals surface area (Å²) in [6.45, 7) is 5.14. The number of nitrogens with zero attached hydrogens (tertiary/aromatic N) is 5. The largest absolute Gasteiger partial charge is 0.338 e. The molecule has 0 aromatic carbocycles. The van der Waals surface area contributed by atoms with E-state index in [-0.39, 0.29) is 11.7 Å². The van der Waals surface area contributed by atoms with Crippen molar-refractivity contribution in [3.05, 3.63) is 23.3 Å². The van der Waals surface area contributed by atoms with Gasteiger partial charge in [0.25, 0.3) is 11.7 Å². The lowest BCUT2D eigenvalue weighted by atomic mass is 10.4. The zero-order valence-electron chi connectivity index (χ0n) is 11.6. The third kappa shape index (κ3) is 2.70. The highest BCUT2D eigenvalue weighted by molar-refractivity contribution is 5.90. The number of amides is 1. The van der Waals surface area contributed by atoms with Gasteiger partial charge < -0.3 is 10.2 Å². The van der Waals surface area contributed by atoms with E-state index in [9.17, 15) is 4.79 Å². The van der Waals surface area contributed by atoms with Crippen LogP contribution in [-0.2, 0) is 0 Å². The SMILES string of the molecule is CNCCN(C)C(=O)c1nc2nc(C)cc(C)n2n1. The van der Waals surface area contributed by atoms with Crippen LogP contribution in [0, 0.1) is 13.8 Å². The lowest BCUT2D eigenvalue weighted by molar-refractivity contribution is 0.0785. The fourth-order valence-electron chi connectivity index (χ4n) is 1.81. The highest BCUT2D eigenvalue weighted by Crippen LogP contribution is 2.06. The van der Waals surface area contributed by atoms with E-state index in [0.29, 0.717) is 12.3 Å². The summed E-state index contributed by atoms with van der Waals surface area (Å²) < 4.78 is 1.59. The van der Waals surface area contributed by atoms with Crippen LogP contribution in [-0.4, -0.2) is 57.6 Å². The molecule has 7 heteroatoms. The molecule has 0 saturated heterocycles. The third-order valence-corrected chi connectivity index (χ3v) is 2.85. The van der Waals surface area contributed by atoms with Crippen molar-refractivity contribution in [3.8, 4) is 0 Å². The summed E-state index contributed by atoms with van der Waals surface area (Å²) in [4.78, 5) is 22.2. The van der Waals surface area contributed by atoms with Crippen molar-refractivity contribution in [2.24, 2.45) is 0 Å². The quantitative estimate of drug-likeness (QED) is 0.841. The first-order valence-corrected chi connectivity index (χ1v) is 6.14. The van der Waals surface area contributed by atoms with Crippen molar-refractivity contribution >= 4 is 11.7 Å². The van der Waals surface area contributed by atoms with Crippen LogP contribution in [0.5, 0.6) is 0 Å². The Morgan fingerprint density at radius 3 is 2.84 bits per heavy atom. The van der Waals surface area contributed by atoms with E-state index in [1.807, 2.05) is 27.0 Å². The molecule has 2 rings (SSSR count). The van der Waals surface area contributed by atoms with Crippen molar-refractivity contribution in [1.29, 1.82) is 0 Å². The van der Waals surface area contributed by atoms with Crippen LogP contribution < -0.4 is 5.32 Å². The lowest BCUT2D eigenvalue weighted by Gasteiger charge is -2.14. The zero-order valence-corrected chi connectivity index (χ0v) is 11.6. The van der Waals surface area contributed by atoms with Gasteiger partial charge in [-0.2, -0.15) is 4.98 Å². The van der Waals surface area contributed by atoms with Gasteiger partial charge in [-0.05, 0) is 27.0 Å². The minimum atomic E-state index is -0.196. The van der Waals surface area contributed by atoms with Crippen molar-refractivity contribution in [2.75, 3.05) is 27.2 Å². The summed E-state index contributed by atoms with van der Waals surface area (Å²) in [6, 6.07) is 1.90. The first kappa shape index (κ1) is 13.4. The monoisotopic (exact) mass is 262 g/mol. The number of likely N-dealkylation sites (N-methyl/N-ethyl adjacent to an activating group) is 2. The molecule has 19 heavy (non-hydrogen) atoms. The number of carbonyl (C=O) groups excluding carboxylic acids is 1. The second kappa shape index (κ2) is 5.31. The Balaban J connectivity index is 2.30.